The van der Waals surface area contributed by atoms with Crippen molar-refractivity contribution in [3.8, 4) is 11.5 Å². The van der Waals surface area contributed by atoms with E-state index in [-0.39, 0.29) is 24.3 Å². The maximum atomic E-state index is 12.7. The molecule has 0 aliphatic rings. The van der Waals surface area contributed by atoms with Crippen molar-refractivity contribution in [2.75, 3.05) is 14.2 Å². The van der Waals surface area contributed by atoms with Gasteiger partial charge in [0.25, 0.3) is 5.91 Å². The zero-order valence-corrected chi connectivity index (χ0v) is 19.1. The van der Waals surface area contributed by atoms with Crippen LogP contribution in [0.15, 0.2) is 40.9 Å². The summed E-state index contributed by atoms with van der Waals surface area (Å²) in [6, 6.07) is 9.39. The summed E-state index contributed by atoms with van der Waals surface area (Å²) in [4.78, 5) is 25.2. The fourth-order valence-electron chi connectivity index (χ4n) is 2.68. The topological polar surface area (TPSA) is 76.7 Å². The maximum absolute atomic E-state index is 12.7. The molecule has 6 nitrogen and oxygen atoms in total. The zero-order valence-electron chi connectivity index (χ0n) is 16.7. The summed E-state index contributed by atoms with van der Waals surface area (Å²) >= 11 is 9.34. The van der Waals surface area contributed by atoms with Crippen molar-refractivity contribution in [3.63, 3.8) is 0 Å². The largest absolute Gasteiger partial charge is 0.493 e. The molecule has 0 bridgehead atoms. The molecule has 2 N–H and O–H groups in total. The summed E-state index contributed by atoms with van der Waals surface area (Å²) in [6.07, 6.45) is 0. The van der Waals surface area contributed by atoms with Gasteiger partial charge in [0, 0.05) is 21.6 Å². The Morgan fingerprint density at radius 1 is 1.07 bits per heavy atom. The van der Waals surface area contributed by atoms with Gasteiger partial charge in [-0.25, -0.2) is 0 Å². The van der Waals surface area contributed by atoms with Crippen molar-refractivity contribution >= 4 is 39.3 Å². The lowest BCUT2D eigenvalue weighted by Gasteiger charge is -2.22. The summed E-state index contributed by atoms with van der Waals surface area (Å²) in [5.41, 5.74) is 1.26. The van der Waals surface area contributed by atoms with Crippen LogP contribution < -0.4 is 20.1 Å². The van der Waals surface area contributed by atoms with Gasteiger partial charge >= 0.3 is 0 Å². The zero-order chi connectivity index (χ0) is 21.6. The lowest BCUT2D eigenvalue weighted by atomic mass is 10.0. The van der Waals surface area contributed by atoms with Crippen molar-refractivity contribution in [3.05, 3.63) is 57.0 Å². The summed E-state index contributed by atoms with van der Waals surface area (Å²) < 4.78 is 11.4. The third-order valence-electron chi connectivity index (χ3n) is 4.35. The van der Waals surface area contributed by atoms with Crippen LogP contribution in [-0.2, 0) is 11.3 Å². The van der Waals surface area contributed by atoms with Crippen LogP contribution in [0.1, 0.15) is 29.8 Å². The quantitative estimate of drug-likeness (QED) is 0.590. The molecule has 1 unspecified atom stereocenters. The van der Waals surface area contributed by atoms with Gasteiger partial charge in [-0.15, -0.1) is 0 Å². The second kappa shape index (κ2) is 10.5. The molecule has 2 aromatic carbocycles. The van der Waals surface area contributed by atoms with Crippen LogP contribution in [0.4, 0.5) is 0 Å². The predicted octanol–water partition coefficient (Wildman–Crippen LogP) is 4.19. The third-order valence-corrected chi connectivity index (χ3v) is 5.34. The van der Waals surface area contributed by atoms with Gasteiger partial charge in [0.2, 0.25) is 5.91 Å². The van der Waals surface area contributed by atoms with Crippen molar-refractivity contribution in [2.45, 2.75) is 26.4 Å². The molecule has 0 spiro atoms. The minimum atomic E-state index is -0.683. The van der Waals surface area contributed by atoms with Gasteiger partial charge < -0.3 is 20.1 Å². The lowest BCUT2D eigenvalue weighted by molar-refractivity contribution is -0.124. The first-order chi connectivity index (χ1) is 13.8. The van der Waals surface area contributed by atoms with Crippen molar-refractivity contribution in [1.29, 1.82) is 0 Å². The Kier molecular flexibility index (Phi) is 8.34. The molecule has 2 rings (SSSR count). The lowest BCUT2D eigenvalue weighted by Crippen LogP contribution is -2.49. The molecule has 0 heterocycles. The van der Waals surface area contributed by atoms with Crippen LogP contribution >= 0.6 is 27.5 Å². The number of benzene rings is 2. The van der Waals surface area contributed by atoms with Crippen molar-refractivity contribution in [2.24, 2.45) is 5.92 Å². The summed E-state index contributed by atoms with van der Waals surface area (Å²) in [5.74, 6) is 0.452. The molecule has 2 aromatic rings. The van der Waals surface area contributed by atoms with Gasteiger partial charge in [0.05, 0.1) is 14.2 Å². The van der Waals surface area contributed by atoms with Crippen LogP contribution in [0.2, 0.25) is 5.02 Å². The van der Waals surface area contributed by atoms with E-state index in [0.29, 0.717) is 22.1 Å². The van der Waals surface area contributed by atoms with Crippen LogP contribution in [0.25, 0.3) is 0 Å². The van der Waals surface area contributed by atoms with E-state index in [1.807, 2.05) is 13.8 Å². The normalized spacial score (nSPS) is 11.7. The Morgan fingerprint density at radius 3 is 2.21 bits per heavy atom. The van der Waals surface area contributed by atoms with E-state index in [1.54, 1.807) is 50.6 Å². The van der Waals surface area contributed by atoms with Gasteiger partial charge in [-0.1, -0.05) is 41.4 Å². The van der Waals surface area contributed by atoms with Crippen molar-refractivity contribution in [1.82, 2.24) is 10.6 Å². The smallest absolute Gasteiger partial charge is 0.251 e. The number of rotatable bonds is 8. The number of methoxy groups -OCH3 is 2. The molecule has 0 fully saturated rings. The number of hydrogen-bond acceptors (Lipinski definition) is 4. The molecular formula is C21H24BrClN2O4. The SMILES string of the molecule is COc1cc(Br)c(CNC(=O)C(NC(=O)c2ccc(Cl)cc2)C(C)C)cc1OC. The van der Waals surface area contributed by atoms with E-state index >= 15 is 0 Å². The fraction of sp³-hybridized carbons (Fsp3) is 0.333. The van der Waals surface area contributed by atoms with Gasteiger partial charge in [0.1, 0.15) is 6.04 Å². The average molecular weight is 484 g/mol. The number of hydrogen-bond donors (Lipinski definition) is 2. The molecule has 0 aliphatic carbocycles. The number of nitrogens with one attached hydrogen (secondary N) is 2. The van der Waals surface area contributed by atoms with Gasteiger partial charge in [-0.3, -0.25) is 9.59 Å². The Labute approximate surface area is 184 Å². The number of ether oxygens (including phenoxy) is 2. The Bertz CT molecular complexity index is 872. The summed E-state index contributed by atoms with van der Waals surface area (Å²) in [5, 5.41) is 6.21. The van der Waals surface area contributed by atoms with E-state index in [4.69, 9.17) is 21.1 Å². The van der Waals surface area contributed by atoms with Gasteiger partial charge in [-0.2, -0.15) is 0 Å². The first kappa shape index (κ1) is 23.0. The van der Waals surface area contributed by atoms with E-state index < -0.39 is 6.04 Å². The highest BCUT2D eigenvalue weighted by Gasteiger charge is 2.25. The molecule has 2 amide bonds. The van der Waals surface area contributed by atoms with Crippen molar-refractivity contribution < 1.29 is 19.1 Å². The van der Waals surface area contributed by atoms with Crippen LogP contribution in [0.5, 0.6) is 11.5 Å². The molecule has 0 saturated heterocycles. The molecule has 1 atom stereocenters. The third kappa shape index (κ3) is 6.11. The first-order valence-corrected chi connectivity index (χ1v) is 10.2. The molecule has 0 saturated carbocycles. The highest BCUT2D eigenvalue weighted by Crippen LogP contribution is 2.33. The van der Waals surface area contributed by atoms with E-state index in [2.05, 4.69) is 26.6 Å². The highest BCUT2D eigenvalue weighted by atomic mass is 79.9. The Morgan fingerprint density at radius 2 is 1.66 bits per heavy atom. The average Bonchev–Trinajstić information content (AvgIpc) is 2.70. The highest BCUT2D eigenvalue weighted by molar-refractivity contribution is 9.10. The van der Waals surface area contributed by atoms with Crippen LogP contribution in [-0.4, -0.2) is 32.1 Å². The van der Waals surface area contributed by atoms with Crippen LogP contribution in [0, 0.1) is 5.92 Å². The fourth-order valence-corrected chi connectivity index (χ4v) is 3.27. The standard InChI is InChI=1S/C21H24BrClN2O4/c1-12(2)19(25-20(26)13-5-7-15(23)8-6-13)21(27)24-11-14-9-17(28-3)18(29-4)10-16(14)22/h5-10,12,19H,11H2,1-4H3,(H,24,27)(H,25,26). The number of amides is 2. The number of carbonyl (C=O) groups is 2. The van der Waals surface area contributed by atoms with E-state index in [0.717, 1.165) is 10.0 Å². The van der Waals surface area contributed by atoms with Gasteiger partial charge in [0.15, 0.2) is 11.5 Å². The first-order valence-electron chi connectivity index (χ1n) is 9.01. The van der Waals surface area contributed by atoms with E-state index in [1.165, 1.54) is 0 Å². The molecule has 29 heavy (non-hydrogen) atoms. The minimum absolute atomic E-state index is 0.0971. The minimum Gasteiger partial charge on any atom is -0.493 e. The molecule has 0 aliphatic heterocycles. The molecule has 8 heteroatoms. The molecule has 0 radical (unpaired) electrons. The summed E-state index contributed by atoms with van der Waals surface area (Å²) in [6.45, 7) is 4.01. The van der Waals surface area contributed by atoms with Gasteiger partial charge in [-0.05, 0) is 47.9 Å². The molecule has 0 aromatic heterocycles. The maximum Gasteiger partial charge on any atom is 0.251 e. The summed E-state index contributed by atoms with van der Waals surface area (Å²) in [7, 11) is 3.11. The second-order valence-electron chi connectivity index (χ2n) is 6.72. The number of carbonyl (C=O) groups excluding carboxylic acids is 2. The monoisotopic (exact) mass is 482 g/mol. The Balaban J connectivity index is 2.08. The van der Waals surface area contributed by atoms with Crippen LogP contribution in [0.3, 0.4) is 0 Å². The predicted molar refractivity (Wildman–Crippen MR) is 117 cm³/mol. The number of halogens is 2. The van der Waals surface area contributed by atoms with E-state index in [9.17, 15) is 9.59 Å². The second-order valence-corrected chi connectivity index (χ2v) is 8.01. The molecular weight excluding hydrogens is 460 g/mol. The molecule has 156 valence electrons. The Hall–Kier alpha value is -2.25.